The molecule has 6 nitrogen and oxygen atoms in total. The highest BCUT2D eigenvalue weighted by Gasteiger charge is 2.33. The van der Waals surface area contributed by atoms with Crippen LogP contribution in [0, 0.1) is 0 Å². The summed E-state index contributed by atoms with van der Waals surface area (Å²) in [4.78, 5) is 24.4. The van der Waals surface area contributed by atoms with E-state index >= 15 is 0 Å². The summed E-state index contributed by atoms with van der Waals surface area (Å²) >= 11 is 0. The van der Waals surface area contributed by atoms with Gasteiger partial charge in [-0.05, 0) is 50.6 Å². The maximum atomic E-state index is 12.9. The molecule has 6 heteroatoms. The highest BCUT2D eigenvalue weighted by molar-refractivity contribution is 5.94. The molecule has 0 radical (unpaired) electrons. The number of ether oxygens (including phenoxy) is 1. The zero-order chi connectivity index (χ0) is 18.1. The van der Waals surface area contributed by atoms with Crippen molar-refractivity contribution in [2.75, 3.05) is 27.2 Å². The van der Waals surface area contributed by atoms with Crippen LogP contribution < -0.4 is 4.74 Å². The van der Waals surface area contributed by atoms with Gasteiger partial charge in [0.1, 0.15) is 17.5 Å². The predicted molar refractivity (Wildman–Crippen MR) is 99.3 cm³/mol. The summed E-state index contributed by atoms with van der Waals surface area (Å²) in [5.74, 6) is 1.50. The summed E-state index contributed by atoms with van der Waals surface area (Å²) in [6.45, 7) is 2.15. The molecule has 0 aromatic carbocycles. The summed E-state index contributed by atoms with van der Waals surface area (Å²) in [6, 6.07) is 5.93. The molecule has 1 saturated heterocycles. The maximum Gasteiger partial charge on any atom is 0.270 e. The van der Waals surface area contributed by atoms with Gasteiger partial charge in [0.25, 0.3) is 5.91 Å². The van der Waals surface area contributed by atoms with E-state index in [4.69, 9.17) is 4.74 Å². The normalized spacial score (nSPS) is 20.0. The third-order valence-corrected chi connectivity index (χ3v) is 5.01. The van der Waals surface area contributed by atoms with Crippen molar-refractivity contribution in [2.45, 2.75) is 37.8 Å². The lowest BCUT2D eigenvalue weighted by Crippen LogP contribution is -2.31. The van der Waals surface area contributed by atoms with Gasteiger partial charge in [-0.25, -0.2) is 0 Å². The molecular formula is C20H26N4O2. The van der Waals surface area contributed by atoms with Crippen LogP contribution in [0.15, 0.2) is 30.6 Å². The first-order valence-electron chi connectivity index (χ1n) is 9.33. The van der Waals surface area contributed by atoms with E-state index in [9.17, 15) is 4.79 Å². The number of amides is 1. The molecule has 2 aromatic rings. The fourth-order valence-electron chi connectivity index (χ4n) is 3.60. The molecule has 2 aliphatic rings. The maximum absolute atomic E-state index is 12.9. The van der Waals surface area contributed by atoms with E-state index in [1.165, 1.54) is 18.4 Å². The molecule has 0 spiro atoms. The summed E-state index contributed by atoms with van der Waals surface area (Å²) < 4.78 is 6.12. The summed E-state index contributed by atoms with van der Waals surface area (Å²) in [5, 5.41) is 0. The Hall–Kier alpha value is -2.34. The van der Waals surface area contributed by atoms with Crippen molar-refractivity contribution < 1.29 is 9.53 Å². The lowest BCUT2D eigenvalue weighted by Gasteiger charge is -2.18. The van der Waals surface area contributed by atoms with Crippen molar-refractivity contribution >= 4 is 5.91 Å². The average molecular weight is 354 g/mol. The van der Waals surface area contributed by atoms with E-state index in [1.54, 1.807) is 6.20 Å². The van der Waals surface area contributed by atoms with Gasteiger partial charge >= 0.3 is 0 Å². The fraction of sp³-hybridized carbons (Fsp3) is 0.500. The highest BCUT2D eigenvalue weighted by atomic mass is 16.5. The van der Waals surface area contributed by atoms with E-state index in [1.807, 2.05) is 37.3 Å². The first-order valence-corrected chi connectivity index (χ1v) is 9.33. The largest absolute Gasteiger partial charge is 0.488 e. The molecule has 0 bridgehead atoms. The van der Waals surface area contributed by atoms with Crippen molar-refractivity contribution in [2.24, 2.45) is 0 Å². The summed E-state index contributed by atoms with van der Waals surface area (Å²) in [7, 11) is 4.04. The van der Waals surface area contributed by atoms with Crippen LogP contribution >= 0.6 is 0 Å². The molecular weight excluding hydrogens is 328 g/mol. The van der Waals surface area contributed by atoms with Crippen LogP contribution in [0.2, 0.25) is 0 Å². The third kappa shape index (κ3) is 3.75. The van der Waals surface area contributed by atoms with Gasteiger partial charge in [-0.15, -0.1) is 0 Å². The van der Waals surface area contributed by atoms with Gasteiger partial charge in [0.2, 0.25) is 0 Å². The molecule has 1 N–H and O–H groups in total. The van der Waals surface area contributed by atoms with Crippen molar-refractivity contribution in [3.8, 4) is 5.75 Å². The highest BCUT2D eigenvalue weighted by Crippen LogP contribution is 2.41. The number of likely N-dealkylation sites (tertiary alicyclic amines) is 1. The first kappa shape index (κ1) is 17.1. The van der Waals surface area contributed by atoms with Crippen molar-refractivity contribution in [1.29, 1.82) is 0 Å². The number of nitrogens with zero attached hydrogens (tertiary/aromatic N) is 3. The average Bonchev–Trinajstić information content (AvgIpc) is 3.15. The quantitative estimate of drug-likeness (QED) is 0.866. The predicted octanol–water partition coefficient (Wildman–Crippen LogP) is 2.64. The van der Waals surface area contributed by atoms with Crippen LogP contribution in [-0.2, 0) is 6.54 Å². The number of carbonyl (C=O) groups is 1. The number of hydrogen-bond acceptors (Lipinski definition) is 4. The van der Waals surface area contributed by atoms with Gasteiger partial charge in [0.05, 0.1) is 12.2 Å². The zero-order valence-electron chi connectivity index (χ0n) is 15.4. The van der Waals surface area contributed by atoms with Gasteiger partial charge < -0.3 is 19.5 Å². The molecule has 2 aromatic heterocycles. The van der Waals surface area contributed by atoms with E-state index < -0.39 is 0 Å². The SMILES string of the molecule is CN(C)Cc1cc(OC2CCN(C(=O)c3[nH]ccc3C3CC3)C2)ccn1. The minimum Gasteiger partial charge on any atom is -0.488 e. The molecule has 3 heterocycles. The van der Waals surface area contributed by atoms with Gasteiger partial charge in [-0.2, -0.15) is 0 Å². The zero-order valence-corrected chi connectivity index (χ0v) is 15.4. The van der Waals surface area contributed by atoms with Crippen LogP contribution in [0.4, 0.5) is 0 Å². The van der Waals surface area contributed by atoms with Gasteiger partial charge in [0, 0.05) is 38.0 Å². The molecule has 2 fully saturated rings. The summed E-state index contributed by atoms with van der Waals surface area (Å²) in [6.07, 6.45) is 6.95. The standard InChI is InChI=1S/C20H26N4O2/c1-23(2)12-15-11-16(5-8-21-15)26-17-7-10-24(13-17)20(25)19-18(6-9-22-19)14-3-4-14/h5-6,8-9,11,14,17,22H,3-4,7,10,12-13H2,1-2H3. The van der Waals surface area contributed by atoms with E-state index in [0.29, 0.717) is 12.5 Å². The lowest BCUT2D eigenvalue weighted by molar-refractivity contribution is 0.0766. The smallest absolute Gasteiger partial charge is 0.270 e. The lowest BCUT2D eigenvalue weighted by atomic mass is 10.1. The molecule has 1 atom stereocenters. The molecule has 138 valence electrons. The van der Waals surface area contributed by atoms with Crippen LogP contribution in [0.1, 0.15) is 46.9 Å². The minimum absolute atomic E-state index is 0.0351. The Labute approximate surface area is 154 Å². The Balaban J connectivity index is 1.38. The van der Waals surface area contributed by atoms with Crippen LogP contribution in [0.5, 0.6) is 5.75 Å². The van der Waals surface area contributed by atoms with Crippen molar-refractivity contribution in [3.63, 3.8) is 0 Å². The van der Waals surface area contributed by atoms with Gasteiger partial charge in [-0.1, -0.05) is 0 Å². The molecule has 1 amide bonds. The fourth-order valence-corrected chi connectivity index (χ4v) is 3.60. The number of hydrogen-bond donors (Lipinski definition) is 1. The Morgan fingerprint density at radius 2 is 2.19 bits per heavy atom. The molecule has 1 saturated carbocycles. The number of H-pyrrole nitrogens is 1. The molecule has 26 heavy (non-hydrogen) atoms. The van der Waals surface area contributed by atoms with Gasteiger partial charge in [0.15, 0.2) is 0 Å². The third-order valence-electron chi connectivity index (χ3n) is 5.01. The molecule has 1 aliphatic carbocycles. The second-order valence-corrected chi connectivity index (χ2v) is 7.58. The number of aromatic amines is 1. The van der Waals surface area contributed by atoms with Crippen LogP contribution in [-0.4, -0.2) is 59.0 Å². The first-order chi connectivity index (χ1) is 12.6. The number of nitrogens with one attached hydrogen (secondary N) is 1. The number of pyridine rings is 1. The Morgan fingerprint density at radius 3 is 2.96 bits per heavy atom. The Kier molecular flexibility index (Phi) is 4.68. The Bertz CT molecular complexity index is 782. The topological polar surface area (TPSA) is 61.5 Å². The number of carbonyl (C=O) groups excluding carboxylic acids is 1. The van der Waals surface area contributed by atoms with Crippen LogP contribution in [0.3, 0.4) is 0 Å². The summed E-state index contributed by atoms with van der Waals surface area (Å²) in [5.41, 5.74) is 2.94. The van der Waals surface area contributed by atoms with E-state index in [0.717, 1.165) is 36.6 Å². The van der Waals surface area contributed by atoms with E-state index in [-0.39, 0.29) is 12.0 Å². The van der Waals surface area contributed by atoms with Crippen molar-refractivity contribution in [1.82, 2.24) is 19.8 Å². The second-order valence-electron chi connectivity index (χ2n) is 7.58. The minimum atomic E-state index is 0.0351. The number of aromatic nitrogens is 2. The molecule has 4 rings (SSSR count). The molecule has 1 aliphatic heterocycles. The molecule has 1 unspecified atom stereocenters. The number of rotatable bonds is 6. The van der Waals surface area contributed by atoms with E-state index in [2.05, 4.69) is 20.9 Å². The van der Waals surface area contributed by atoms with Crippen molar-refractivity contribution in [3.05, 3.63) is 47.5 Å². The monoisotopic (exact) mass is 354 g/mol. The van der Waals surface area contributed by atoms with Crippen LogP contribution in [0.25, 0.3) is 0 Å². The van der Waals surface area contributed by atoms with Gasteiger partial charge in [-0.3, -0.25) is 9.78 Å². The Morgan fingerprint density at radius 1 is 1.35 bits per heavy atom. The second kappa shape index (κ2) is 7.11.